The standard InChI is InChI=1S/C14H19NO3S/c1-4-18-14(13(9-16)15-10(2)17)11-5-7-12(19-3)8-6-11/h5-9,13-14H,4H2,1-3H3,(H,15,17)/t13-,14-/m0/s1. The van der Waals surface area contributed by atoms with Gasteiger partial charge in [0.2, 0.25) is 5.91 Å². The first-order valence-corrected chi connectivity index (χ1v) is 7.32. The van der Waals surface area contributed by atoms with Gasteiger partial charge in [-0.1, -0.05) is 12.1 Å². The number of hydrogen-bond acceptors (Lipinski definition) is 4. The number of hydrogen-bond donors (Lipinski definition) is 1. The van der Waals surface area contributed by atoms with E-state index < -0.39 is 12.1 Å². The normalized spacial score (nSPS) is 13.6. The molecular formula is C14H19NO3S. The van der Waals surface area contributed by atoms with Gasteiger partial charge in [-0.25, -0.2) is 0 Å². The van der Waals surface area contributed by atoms with Gasteiger partial charge < -0.3 is 14.8 Å². The van der Waals surface area contributed by atoms with Gasteiger partial charge >= 0.3 is 0 Å². The van der Waals surface area contributed by atoms with Crippen LogP contribution in [0, 0.1) is 0 Å². The Hall–Kier alpha value is -1.33. The van der Waals surface area contributed by atoms with Gasteiger partial charge in [0.05, 0.1) is 0 Å². The number of carbonyl (C=O) groups excluding carboxylic acids is 2. The lowest BCUT2D eigenvalue weighted by atomic mass is 10.0. The number of aldehydes is 1. The minimum Gasteiger partial charge on any atom is -0.371 e. The highest BCUT2D eigenvalue weighted by atomic mass is 32.2. The smallest absolute Gasteiger partial charge is 0.217 e. The molecule has 0 bridgehead atoms. The van der Waals surface area contributed by atoms with Crippen LogP contribution in [0.15, 0.2) is 29.2 Å². The highest BCUT2D eigenvalue weighted by Gasteiger charge is 2.24. The Morgan fingerprint density at radius 1 is 1.42 bits per heavy atom. The number of amides is 1. The number of ether oxygens (including phenoxy) is 1. The van der Waals surface area contributed by atoms with Crippen LogP contribution in [0.3, 0.4) is 0 Å². The van der Waals surface area contributed by atoms with Gasteiger partial charge in [-0.15, -0.1) is 11.8 Å². The third-order valence-corrected chi connectivity index (χ3v) is 3.38. The van der Waals surface area contributed by atoms with Crippen molar-refractivity contribution in [1.29, 1.82) is 0 Å². The van der Waals surface area contributed by atoms with E-state index in [2.05, 4.69) is 5.32 Å². The van der Waals surface area contributed by atoms with Crippen molar-refractivity contribution in [3.63, 3.8) is 0 Å². The second kappa shape index (κ2) is 7.96. The first kappa shape index (κ1) is 15.7. The van der Waals surface area contributed by atoms with Crippen molar-refractivity contribution in [3.8, 4) is 0 Å². The van der Waals surface area contributed by atoms with E-state index in [1.54, 1.807) is 11.8 Å². The summed E-state index contributed by atoms with van der Waals surface area (Å²) in [6, 6.07) is 7.12. The number of carbonyl (C=O) groups is 2. The molecule has 19 heavy (non-hydrogen) atoms. The maximum atomic E-state index is 11.2. The zero-order valence-corrected chi connectivity index (χ0v) is 12.2. The highest BCUT2D eigenvalue weighted by molar-refractivity contribution is 7.98. The molecule has 0 fully saturated rings. The Morgan fingerprint density at radius 3 is 2.47 bits per heavy atom. The zero-order chi connectivity index (χ0) is 14.3. The second-order valence-corrected chi connectivity index (χ2v) is 4.89. The summed E-state index contributed by atoms with van der Waals surface area (Å²) in [6.45, 7) is 3.72. The lowest BCUT2D eigenvalue weighted by Crippen LogP contribution is -2.40. The molecule has 0 unspecified atom stereocenters. The number of thioether (sulfide) groups is 1. The van der Waals surface area contributed by atoms with Crippen LogP contribution in [0.5, 0.6) is 0 Å². The zero-order valence-electron chi connectivity index (χ0n) is 11.4. The van der Waals surface area contributed by atoms with Gasteiger partial charge in [-0.2, -0.15) is 0 Å². The molecule has 4 nitrogen and oxygen atoms in total. The summed E-state index contributed by atoms with van der Waals surface area (Å²) in [5.74, 6) is -0.248. The molecule has 0 aliphatic rings. The second-order valence-electron chi connectivity index (χ2n) is 4.01. The average molecular weight is 281 g/mol. The molecule has 5 heteroatoms. The Morgan fingerprint density at radius 2 is 2.05 bits per heavy atom. The molecule has 2 atom stereocenters. The van der Waals surface area contributed by atoms with E-state index in [9.17, 15) is 9.59 Å². The predicted molar refractivity (Wildman–Crippen MR) is 76.3 cm³/mol. The number of rotatable bonds is 7. The van der Waals surface area contributed by atoms with E-state index in [0.717, 1.165) is 10.5 Å². The maximum absolute atomic E-state index is 11.2. The molecule has 0 aromatic heterocycles. The van der Waals surface area contributed by atoms with E-state index in [4.69, 9.17) is 4.74 Å². The quantitative estimate of drug-likeness (QED) is 0.615. The van der Waals surface area contributed by atoms with Gasteiger partial charge in [-0.3, -0.25) is 4.79 Å². The average Bonchev–Trinajstić information content (AvgIpc) is 2.42. The third-order valence-electron chi connectivity index (χ3n) is 2.63. The molecule has 0 radical (unpaired) electrons. The fraction of sp³-hybridized carbons (Fsp3) is 0.429. The van der Waals surface area contributed by atoms with E-state index in [0.29, 0.717) is 12.9 Å². The lowest BCUT2D eigenvalue weighted by molar-refractivity contribution is -0.125. The topological polar surface area (TPSA) is 55.4 Å². The van der Waals surface area contributed by atoms with Crippen molar-refractivity contribution in [2.45, 2.75) is 30.9 Å². The molecule has 0 spiro atoms. The van der Waals surface area contributed by atoms with Crippen LogP contribution in [0.4, 0.5) is 0 Å². The largest absolute Gasteiger partial charge is 0.371 e. The van der Waals surface area contributed by atoms with Gasteiger partial charge in [0.1, 0.15) is 18.4 Å². The van der Waals surface area contributed by atoms with Crippen molar-refractivity contribution in [1.82, 2.24) is 5.32 Å². The molecule has 0 heterocycles. The monoisotopic (exact) mass is 281 g/mol. The van der Waals surface area contributed by atoms with Crippen LogP contribution in [-0.2, 0) is 14.3 Å². The molecule has 0 aliphatic carbocycles. The molecule has 0 saturated carbocycles. The van der Waals surface area contributed by atoms with E-state index in [1.807, 2.05) is 37.4 Å². The van der Waals surface area contributed by atoms with Crippen LogP contribution in [-0.4, -0.2) is 31.1 Å². The summed E-state index contributed by atoms with van der Waals surface area (Å²) in [5.41, 5.74) is 0.880. The first-order valence-electron chi connectivity index (χ1n) is 6.10. The Labute approximate surface area is 117 Å². The van der Waals surface area contributed by atoms with Crippen LogP contribution < -0.4 is 5.32 Å². The third kappa shape index (κ3) is 4.69. The summed E-state index contributed by atoms with van der Waals surface area (Å²) >= 11 is 1.65. The van der Waals surface area contributed by atoms with Crippen molar-refractivity contribution >= 4 is 24.0 Å². The summed E-state index contributed by atoms with van der Waals surface area (Å²) in [4.78, 5) is 23.4. The van der Waals surface area contributed by atoms with Gasteiger partial charge in [0.25, 0.3) is 0 Å². The fourth-order valence-electron chi connectivity index (χ4n) is 1.80. The molecule has 1 rings (SSSR count). The summed E-state index contributed by atoms with van der Waals surface area (Å²) in [6.07, 6.45) is 2.26. The Kier molecular flexibility index (Phi) is 6.59. The molecule has 104 valence electrons. The van der Waals surface area contributed by atoms with Crippen molar-refractivity contribution in [3.05, 3.63) is 29.8 Å². The minimum absolute atomic E-state index is 0.248. The molecule has 1 aromatic carbocycles. The van der Waals surface area contributed by atoms with Crippen LogP contribution in [0.25, 0.3) is 0 Å². The van der Waals surface area contributed by atoms with Crippen molar-refractivity contribution in [2.24, 2.45) is 0 Å². The Bertz CT molecular complexity index is 419. The van der Waals surface area contributed by atoms with Gasteiger partial charge in [-0.05, 0) is 30.9 Å². The van der Waals surface area contributed by atoms with Gasteiger partial charge in [0.15, 0.2) is 0 Å². The molecule has 1 amide bonds. The predicted octanol–water partition coefficient (Wildman–Crippen LogP) is 2.19. The molecule has 0 aliphatic heterocycles. The summed E-state index contributed by atoms with van der Waals surface area (Å²) < 4.78 is 5.60. The Balaban J connectivity index is 2.95. The SMILES string of the molecule is CCO[C@@H](c1ccc(SC)cc1)[C@H](C=O)NC(C)=O. The number of nitrogens with one attached hydrogen (secondary N) is 1. The van der Waals surface area contributed by atoms with Crippen molar-refractivity contribution < 1.29 is 14.3 Å². The van der Waals surface area contributed by atoms with Crippen LogP contribution >= 0.6 is 11.8 Å². The lowest BCUT2D eigenvalue weighted by Gasteiger charge is -2.24. The van der Waals surface area contributed by atoms with E-state index >= 15 is 0 Å². The molecule has 1 N–H and O–H groups in total. The first-order chi connectivity index (χ1) is 9.12. The molecule has 1 aromatic rings. The number of benzene rings is 1. The fourth-order valence-corrected chi connectivity index (χ4v) is 2.20. The highest BCUT2D eigenvalue weighted by Crippen LogP contribution is 2.23. The van der Waals surface area contributed by atoms with E-state index in [-0.39, 0.29) is 5.91 Å². The van der Waals surface area contributed by atoms with Crippen LogP contribution in [0.1, 0.15) is 25.5 Å². The molecule has 0 saturated heterocycles. The van der Waals surface area contributed by atoms with Crippen molar-refractivity contribution in [2.75, 3.05) is 12.9 Å². The van der Waals surface area contributed by atoms with E-state index in [1.165, 1.54) is 6.92 Å². The minimum atomic E-state index is -0.669. The maximum Gasteiger partial charge on any atom is 0.217 e. The summed E-state index contributed by atoms with van der Waals surface area (Å²) in [5, 5.41) is 2.60. The van der Waals surface area contributed by atoms with Gasteiger partial charge in [0, 0.05) is 18.4 Å². The molecular weight excluding hydrogens is 262 g/mol. The van der Waals surface area contributed by atoms with Crippen LogP contribution in [0.2, 0.25) is 0 Å². The summed E-state index contributed by atoms with van der Waals surface area (Å²) in [7, 11) is 0.